The normalized spacial score (nSPS) is 10.5. The van der Waals surface area contributed by atoms with Gasteiger partial charge >= 0.3 is 0 Å². The van der Waals surface area contributed by atoms with Crippen molar-refractivity contribution in [2.75, 3.05) is 5.32 Å². The van der Waals surface area contributed by atoms with E-state index in [1.54, 1.807) is 11.3 Å². The molecule has 0 aliphatic carbocycles. The Morgan fingerprint density at radius 3 is 2.53 bits per heavy atom. The highest BCUT2D eigenvalue weighted by Gasteiger charge is 2.14. The van der Waals surface area contributed by atoms with Gasteiger partial charge in [-0.3, -0.25) is 10.1 Å². The maximum atomic E-state index is 10.7. The van der Waals surface area contributed by atoms with E-state index in [2.05, 4.69) is 10.3 Å². The van der Waals surface area contributed by atoms with Gasteiger partial charge in [-0.15, -0.1) is 11.3 Å². The second-order valence-electron chi connectivity index (χ2n) is 3.75. The SMILES string of the molecule is Cc1nc(CNc2c(Cl)cc([N+](=O)[O-])cc2Cl)cs1. The second-order valence-corrected chi connectivity index (χ2v) is 5.63. The number of thiazole rings is 1. The fraction of sp³-hybridized carbons (Fsp3) is 0.182. The number of aromatic nitrogens is 1. The zero-order valence-corrected chi connectivity index (χ0v) is 12.1. The molecule has 0 atom stereocenters. The fourth-order valence-corrected chi connectivity index (χ4v) is 2.72. The molecule has 0 saturated heterocycles. The molecule has 0 radical (unpaired) electrons. The number of aryl methyl sites for hydroxylation is 1. The number of benzene rings is 1. The highest BCUT2D eigenvalue weighted by atomic mass is 35.5. The summed E-state index contributed by atoms with van der Waals surface area (Å²) >= 11 is 13.5. The summed E-state index contributed by atoms with van der Waals surface area (Å²) in [6.07, 6.45) is 0. The van der Waals surface area contributed by atoms with E-state index in [1.807, 2.05) is 12.3 Å². The van der Waals surface area contributed by atoms with Crippen LogP contribution in [0.4, 0.5) is 11.4 Å². The number of hydrogen-bond acceptors (Lipinski definition) is 5. The first-order valence-corrected chi connectivity index (χ1v) is 6.89. The van der Waals surface area contributed by atoms with Crippen molar-refractivity contribution in [2.45, 2.75) is 13.5 Å². The van der Waals surface area contributed by atoms with Gasteiger partial charge in [-0.2, -0.15) is 0 Å². The van der Waals surface area contributed by atoms with Gasteiger partial charge in [0.05, 0.1) is 37.9 Å². The lowest BCUT2D eigenvalue weighted by Gasteiger charge is -2.09. The largest absolute Gasteiger partial charge is 0.377 e. The van der Waals surface area contributed by atoms with E-state index in [9.17, 15) is 10.1 Å². The number of nitro benzene ring substituents is 1. The molecule has 0 bridgehead atoms. The molecule has 0 unspecified atom stereocenters. The molecule has 1 heterocycles. The number of non-ortho nitro benzene ring substituents is 1. The summed E-state index contributed by atoms with van der Waals surface area (Å²) in [5.74, 6) is 0. The van der Waals surface area contributed by atoms with Crippen LogP contribution in [0.15, 0.2) is 17.5 Å². The fourth-order valence-electron chi connectivity index (χ4n) is 1.50. The van der Waals surface area contributed by atoms with Crippen molar-refractivity contribution in [3.05, 3.63) is 48.4 Å². The number of anilines is 1. The standard InChI is InChI=1S/C11H9Cl2N3O2S/c1-6-15-7(5-19-6)4-14-11-9(12)2-8(16(17)18)3-10(11)13/h2-3,5,14H,4H2,1H3. The maximum absolute atomic E-state index is 10.7. The average Bonchev–Trinajstić information content (AvgIpc) is 2.73. The molecular formula is C11H9Cl2N3O2S. The van der Waals surface area contributed by atoms with Gasteiger partial charge in [0.25, 0.3) is 5.69 Å². The van der Waals surface area contributed by atoms with Crippen LogP contribution >= 0.6 is 34.5 Å². The lowest BCUT2D eigenvalue weighted by atomic mass is 10.2. The summed E-state index contributed by atoms with van der Waals surface area (Å²) < 4.78 is 0. The number of nitrogens with zero attached hydrogens (tertiary/aromatic N) is 2. The number of halogens is 2. The Morgan fingerprint density at radius 2 is 2.05 bits per heavy atom. The first kappa shape index (κ1) is 14.0. The Hall–Kier alpha value is -1.37. The van der Waals surface area contributed by atoms with Crippen molar-refractivity contribution in [1.29, 1.82) is 0 Å². The van der Waals surface area contributed by atoms with Gasteiger partial charge in [-0.25, -0.2) is 4.98 Å². The molecule has 19 heavy (non-hydrogen) atoms. The van der Waals surface area contributed by atoms with Gasteiger partial charge in [0.15, 0.2) is 0 Å². The number of hydrogen-bond donors (Lipinski definition) is 1. The van der Waals surface area contributed by atoms with E-state index in [0.29, 0.717) is 12.2 Å². The second kappa shape index (κ2) is 5.73. The van der Waals surface area contributed by atoms with Gasteiger partial charge in [0, 0.05) is 17.5 Å². The van der Waals surface area contributed by atoms with Crippen LogP contribution in [0.2, 0.25) is 10.0 Å². The maximum Gasteiger partial charge on any atom is 0.272 e. The van der Waals surface area contributed by atoms with E-state index in [0.717, 1.165) is 10.7 Å². The van der Waals surface area contributed by atoms with Crippen LogP contribution in [0.1, 0.15) is 10.7 Å². The van der Waals surface area contributed by atoms with Gasteiger partial charge < -0.3 is 5.32 Å². The number of nitro groups is 1. The predicted octanol–water partition coefficient (Wildman–Crippen LogP) is 4.28. The molecule has 0 aliphatic rings. The van der Waals surface area contributed by atoms with Gasteiger partial charge in [-0.1, -0.05) is 23.2 Å². The van der Waals surface area contributed by atoms with Crippen molar-refractivity contribution >= 4 is 45.9 Å². The Morgan fingerprint density at radius 1 is 1.42 bits per heavy atom. The molecular weight excluding hydrogens is 309 g/mol. The average molecular weight is 318 g/mol. The lowest BCUT2D eigenvalue weighted by molar-refractivity contribution is -0.384. The smallest absolute Gasteiger partial charge is 0.272 e. The molecule has 0 spiro atoms. The van der Waals surface area contributed by atoms with E-state index >= 15 is 0 Å². The molecule has 0 fully saturated rings. The number of nitrogens with one attached hydrogen (secondary N) is 1. The summed E-state index contributed by atoms with van der Waals surface area (Å²) in [6, 6.07) is 2.53. The zero-order chi connectivity index (χ0) is 14.0. The van der Waals surface area contributed by atoms with Crippen LogP contribution in [0, 0.1) is 17.0 Å². The predicted molar refractivity (Wildman–Crippen MR) is 77.3 cm³/mol. The van der Waals surface area contributed by atoms with Crippen molar-refractivity contribution < 1.29 is 4.92 Å². The third-order valence-electron chi connectivity index (χ3n) is 2.35. The first-order valence-electron chi connectivity index (χ1n) is 5.25. The summed E-state index contributed by atoms with van der Waals surface area (Å²) in [5, 5.41) is 17.0. The molecule has 8 heteroatoms. The third kappa shape index (κ3) is 3.34. The Labute approximate surface area is 123 Å². The summed E-state index contributed by atoms with van der Waals surface area (Å²) in [4.78, 5) is 14.4. The van der Waals surface area contributed by atoms with E-state index < -0.39 is 4.92 Å². The van der Waals surface area contributed by atoms with Crippen molar-refractivity contribution in [1.82, 2.24) is 4.98 Å². The van der Waals surface area contributed by atoms with Gasteiger partial charge in [-0.05, 0) is 6.92 Å². The summed E-state index contributed by atoms with van der Waals surface area (Å²) in [5.41, 5.74) is 1.21. The zero-order valence-electron chi connectivity index (χ0n) is 9.81. The third-order valence-corrected chi connectivity index (χ3v) is 3.77. The molecule has 1 aromatic carbocycles. The van der Waals surface area contributed by atoms with Crippen molar-refractivity contribution in [3.8, 4) is 0 Å². The minimum atomic E-state index is -0.536. The molecule has 2 aromatic rings. The van der Waals surface area contributed by atoms with Gasteiger partial charge in [0.2, 0.25) is 0 Å². The van der Waals surface area contributed by atoms with Crippen molar-refractivity contribution in [2.24, 2.45) is 0 Å². The van der Waals surface area contributed by atoms with Crippen LogP contribution in [0.3, 0.4) is 0 Å². The topological polar surface area (TPSA) is 68.1 Å². The molecule has 100 valence electrons. The lowest BCUT2D eigenvalue weighted by Crippen LogP contribution is -2.01. The molecule has 5 nitrogen and oxygen atoms in total. The molecule has 0 amide bonds. The first-order chi connectivity index (χ1) is 8.97. The Bertz CT molecular complexity index is 607. The Kier molecular flexibility index (Phi) is 4.24. The van der Waals surface area contributed by atoms with Gasteiger partial charge in [0.1, 0.15) is 0 Å². The molecule has 0 aliphatic heterocycles. The van der Waals surface area contributed by atoms with E-state index in [1.165, 1.54) is 12.1 Å². The minimum Gasteiger partial charge on any atom is -0.377 e. The quantitative estimate of drug-likeness (QED) is 0.675. The van der Waals surface area contributed by atoms with E-state index in [4.69, 9.17) is 23.2 Å². The van der Waals surface area contributed by atoms with Crippen LogP contribution in [0.25, 0.3) is 0 Å². The monoisotopic (exact) mass is 317 g/mol. The summed E-state index contributed by atoms with van der Waals surface area (Å²) in [7, 11) is 0. The Balaban J connectivity index is 2.18. The van der Waals surface area contributed by atoms with Crippen LogP contribution in [-0.4, -0.2) is 9.91 Å². The van der Waals surface area contributed by atoms with E-state index in [-0.39, 0.29) is 15.7 Å². The summed E-state index contributed by atoms with van der Waals surface area (Å²) in [6.45, 7) is 2.38. The number of rotatable bonds is 4. The highest BCUT2D eigenvalue weighted by Crippen LogP contribution is 2.34. The van der Waals surface area contributed by atoms with Crippen LogP contribution in [0.5, 0.6) is 0 Å². The molecule has 1 N–H and O–H groups in total. The molecule has 1 aromatic heterocycles. The van der Waals surface area contributed by atoms with Crippen LogP contribution < -0.4 is 5.32 Å². The minimum absolute atomic E-state index is 0.134. The highest BCUT2D eigenvalue weighted by molar-refractivity contribution is 7.09. The van der Waals surface area contributed by atoms with Crippen molar-refractivity contribution in [3.63, 3.8) is 0 Å². The molecule has 2 rings (SSSR count). The molecule has 0 saturated carbocycles. The van der Waals surface area contributed by atoms with Crippen LogP contribution in [-0.2, 0) is 6.54 Å².